The van der Waals surface area contributed by atoms with E-state index < -0.39 is 0 Å². The van der Waals surface area contributed by atoms with E-state index in [1.807, 2.05) is 19.1 Å². The standard InChI is InChI=1S/C15H20ClN3O2/c1-10(16)13-17-11-5-6-12(20-2)18-14(11)19(13)9-15(21-3)7-4-8-15/h5-6,10H,4,7-9H2,1-3H3. The van der Waals surface area contributed by atoms with E-state index in [9.17, 15) is 0 Å². The van der Waals surface area contributed by atoms with Crippen molar-refractivity contribution in [3.63, 3.8) is 0 Å². The van der Waals surface area contributed by atoms with E-state index in [0.717, 1.165) is 36.4 Å². The molecule has 0 aliphatic heterocycles. The molecule has 2 heterocycles. The second-order valence-corrected chi connectivity index (χ2v) is 6.26. The summed E-state index contributed by atoms with van der Waals surface area (Å²) in [7, 11) is 3.39. The number of methoxy groups -OCH3 is 2. The van der Waals surface area contributed by atoms with Crippen LogP contribution in [-0.2, 0) is 11.3 Å². The summed E-state index contributed by atoms with van der Waals surface area (Å²) in [6, 6.07) is 3.73. The van der Waals surface area contributed by atoms with Crippen molar-refractivity contribution >= 4 is 22.8 Å². The molecule has 6 heteroatoms. The Morgan fingerprint density at radius 3 is 2.62 bits per heavy atom. The highest BCUT2D eigenvalue weighted by atomic mass is 35.5. The van der Waals surface area contributed by atoms with Gasteiger partial charge in [-0.25, -0.2) is 4.98 Å². The summed E-state index contributed by atoms with van der Waals surface area (Å²) in [6.45, 7) is 2.66. The lowest BCUT2D eigenvalue weighted by Crippen LogP contribution is -2.43. The number of rotatable bonds is 5. The van der Waals surface area contributed by atoms with Gasteiger partial charge in [-0.05, 0) is 32.3 Å². The van der Waals surface area contributed by atoms with Gasteiger partial charge in [0.15, 0.2) is 5.65 Å². The number of alkyl halides is 1. The molecular weight excluding hydrogens is 290 g/mol. The fourth-order valence-electron chi connectivity index (χ4n) is 2.86. The maximum Gasteiger partial charge on any atom is 0.215 e. The quantitative estimate of drug-likeness (QED) is 0.795. The van der Waals surface area contributed by atoms with E-state index in [1.54, 1.807) is 14.2 Å². The summed E-state index contributed by atoms with van der Waals surface area (Å²) in [4.78, 5) is 9.16. The van der Waals surface area contributed by atoms with E-state index >= 15 is 0 Å². The number of ether oxygens (including phenoxy) is 2. The van der Waals surface area contributed by atoms with Gasteiger partial charge in [0, 0.05) is 13.2 Å². The molecule has 0 bridgehead atoms. The van der Waals surface area contributed by atoms with Crippen LogP contribution in [-0.4, -0.2) is 34.4 Å². The first kappa shape index (κ1) is 14.6. The lowest BCUT2D eigenvalue weighted by Gasteiger charge is -2.41. The topological polar surface area (TPSA) is 49.2 Å². The Morgan fingerprint density at radius 1 is 1.33 bits per heavy atom. The molecule has 1 aliphatic carbocycles. The number of pyridine rings is 1. The zero-order valence-electron chi connectivity index (χ0n) is 12.6. The van der Waals surface area contributed by atoms with Gasteiger partial charge in [0.2, 0.25) is 5.88 Å². The summed E-state index contributed by atoms with van der Waals surface area (Å²) in [6.07, 6.45) is 3.31. The van der Waals surface area contributed by atoms with Crippen LogP contribution in [0.15, 0.2) is 12.1 Å². The third kappa shape index (κ3) is 2.49. The molecule has 2 aromatic heterocycles. The van der Waals surface area contributed by atoms with Crippen LogP contribution >= 0.6 is 11.6 Å². The molecule has 0 spiro atoms. The Bertz CT molecular complexity index is 644. The van der Waals surface area contributed by atoms with Crippen molar-refractivity contribution in [2.75, 3.05) is 14.2 Å². The number of hydrogen-bond acceptors (Lipinski definition) is 4. The molecule has 1 atom stereocenters. The number of nitrogens with zero attached hydrogens (tertiary/aromatic N) is 3. The molecule has 0 amide bonds. The molecule has 1 saturated carbocycles. The van der Waals surface area contributed by atoms with Gasteiger partial charge in [-0.15, -0.1) is 11.6 Å². The Balaban J connectivity index is 2.10. The molecule has 0 N–H and O–H groups in total. The monoisotopic (exact) mass is 309 g/mol. The molecule has 1 unspecified atom stereocenters. The summed E-state index contributed by atoms with van der Waals surface area (Å²) >= 11 is 6.30. The van der Waals surface area contributed by atoms with Crippen LogP contribution in [0.2, 0.25) is 0 Å². The zero-order valence-corrected chi connectivity index (χ0v) is 13.4. The highest BCUT2D eigenvalue weighted by Crippen LogP contribution is 2.38. The fourth-order valence-corrected chi connectivity index (χ4v) is 3.03. The van der Waals surface area contributed by atoms with Crippen molar-refractivity contribution in [1.29, 1.82) is 0 Å². The molecular formula is C15H20ClN3O2. The second kappa shape index (κ2) is 5.46. The van der Waals surface area contributed by atoms with Gasteiger partial charge in [0.05, 0.1) is 24.6 Å². The molecule has 0 radical (unpaired) electrons. The second-order valence-electron chi connectivity index (χ2n) is 5.61. The smallest absolute Gasteiger partial charge is 0.215 e. The average Bonchev–Trinajstić information content (AvgIpc) is 2.80. The first-order chi connectivity index (χ1) is 10.1. The molecule has 21 heavy (non-hydrogen) atoms. The molecule has 5 nitrogen and oxygen atoms in total. The van der Waals surface area contributed by atoms with E-state index in [0.29, 0.717) is 5.88 Å². The summed E-state index contributed by atoms with van der Waals surface area (Å²) in [5.74, 6) is 1.41. The Hall–Kier alpha value is -1.33. The van der Waals surface area contributed by atoms with Crippen molar-refractivity contribution in [2.45, 2.75) is 43.7 Å². The van der Waals surface area contributed by atoms with Crippen LogP contribution in [0.3, 0.4) is 0 Å². The predicted octanol–water partition coefficient (Wildman–Crippen LogP) is 3.31. The van der Waals surface area contributed by atoms with Crippen molar-refractivity contribution in [2.24, 2.45) is 0 Å². The number of hydrogen-bond donors (Lipinski definition) is 0. The molecule has 1 fully saturated rings. The summed E-state index contributed by atoms with van der Waals surface area (Å²) in [5.41, 5.74) is 1.53. The number of halogens is 1. The third-order valence-corrected chi connectivity index (χ3v) is 4.50. The van der Waals surface area contributed by atoms with E-state index in [1.165, 1.54) is 6.42 Å². The Kier molecular flexibility index (Phi) is 3.80. The molecule has 2 aromatic rings. The minimum Gasteiger partial charge on any atom is -0.481 e. The first-order valence-corrected chi connectivity index (χ1v) is 7.62. The number of imidazole rings is 1. The Labute approximate surface area is 129 Å². The summed E-state index contributed by atoms with van der Waals surface area (Å²) in [5, 5.41) is -0.181. The highest BCUT2D eigenvalue weighted by Gasteiger charge is 2.38. The van der Waals surface area contributed by atoms with Crippen molar-refractivity contribution in [3.8, 4) is 5.88 Å². The molecule has 0 aromatic carbocycles. The third-order valence-electron chi connectivity index (χ3n) is 4.31. The molecule has 0 saturated heterocycles. The van der Waals surface area contributed by atoms with Gasteiger partial charge < -0.3 is 14.0 Å². The fraction of sp³-hybridized carbons (Fsp3) is 0.600. The van der Waals surface area contributed by atoms with E-state index in [-0.39, 0.29) is 11.0 Å². The zero-order chi connectivity index (χ0) is 15.0. The lowest BCUT2D eigenvalue weighted by molar-refractivity contribution is -0.0833. The molecule has 114 valence electrons. The van der Waals surface area contributed by atoms with Crippen molar-refractivity contribution in [1.82, 2.24) is 14.5 Å². The van der Waals surface area contributed by atoms with Gasteiger partial charge in [0.1, 0.15) is 11.3 Å². The lowest BCUT2D eigenvalue weighted by atomic mass is 9.80. The number of aromatic nitrogens is 3. The van der Waals surface area contributed by atoms with Crippen LogP contribution in [0, 0.1) is 0 Å². The van der Waals surface area contributed by atoms with Crippen LogP contribution in [0.5, 0.6) is 5.88 Å². The van der Waals surface area contributed by atoms with E-state index in [2.05, 4.69) is 14.5 Å². The normalized spacial score (nSPS) is 18.5. The largest absolute Gasteiger partial charge is 0.481 e. The minimum absolute atomic E-state index is 0.112. The summed E-state index contributed by atoms with van der Waals surface area (Å²) < 4.78 is 13.0. The van der Waals surface area contributed by atoms with Gasteiger partial charge in [-0.3, -0.25) is 0 Å². The maximum absolute atomic E-state index is 6.30. The average molecular weight is 310 g/mol. The van der Waals surface area contributed by atoms with Gasteiger partial charge in [-0.1, -0.05) is 0 Å². The van der Waals surface area contributed by atoms with Crippen LogP contribution in [0.4, 0.5) is 0 Å². The van der Waals surface area contributed by atoms with E-state index in [4.69, 9.17) is 21.1 Å². The first-order valence-electron chi connectivity index (χ1n) is 7.19. The SMILES string of the molecule is COc1ccc2nc(C(C)Cl)n(CC3(OC)CCC3)c2n1. The predicted molar refractivity (Wildman–Crippen MR) is 81.9 cm³/mol. The van der Waals surface area contributed by atoms with Gasteiger partial charge in [0.25, 0.3) is 0 Å². The van der Waals surface area contributed by atoms with Crippen molar-refractivity contribution in [3.05, 3.63) is 18.0 Å². The number of fused-ring (bicyclic) bond motifs is 1. The van der Waals surface area contributed by atoms with Crippen molar-refractivity contribution < 1.29 is 9.47 Å². The van der Waals surface area contributed by atoms with Gasteiger partial charge >= 0.3 is 0 Å². The van der Waals surface area contributed by atoms with Crippen LogP contribution in [0.1, 0.15) is 37.4 Å². The maximum atomic E-state index is 6.30. The van der Waals surface area contributed by atoms with Crippen LogP contribution < -0.4 is 4.74 Å². The van der Waals surface area contributed by atoms with Gasteiger partial charge in [-0.2, -0.15) is 4.98 Å². The highest BCUT2D eigenvalue weighted by molar-refractivity contribution is 6.20. The molecule has 1 aliphatic rings. The van der Waals surface area contributed by atoms with Crippen LogP contribution in [0.25, 0.3) is 11.2 Å². The minimum atomic E-state index is -0.181. The Morgan fingerprint density at radius 2 is 2.10 bits per heavy atom. The molecule has 3 rings (SSSR count).